The lowest BCUT2D eigenvalue weighted by molar-refractivity contribution is 0.102. The van der Waals surface area contributed by atoms with Crippen molar-refractivity contribution in [3.05, 3.63) is 70.6 Å². The molecule has 0 aliphatic rings. The van der Waals surface area contributed by atoms with Crippen LogP contribution in [0.1, 0.15) is 29.9 Å². The molecule has 4 rings (SSSR count). The molecule has 28 heavy (non-hydrogen) atoms. The number of carbonyl (C=O) groups is 1. The first kappa shape index (κ1) is 18.7. The number of nitrogens with one attached hydrogen (secondary N) is 1. The number of hydrogen-bond acceptors (Lipinski definition) is 4. The van der Waals surface area contributed by atoms with Crippen molar-refractivity contribution in [1.29, 1.82) is 0 Å². The molecule has 0 aliphatic carbocycles. The van der Waals surface area contributed by atoms with E-state index in [0.717, 1.165) is 22.5 Å². The van der Waals surface area contributed by atoms with Crippen LogP contribution in [0.25, 0.3) is 16.0 Å². The normalized spacial score (nSPS) is 11.3. The Kier molecular flexibility index (Phi) is 5.15. The van der Waals surface area contributed by atoms with Crippen LogP contribution in [-0.2, 0) is 6.42 Å². The van der Waals surface area contributed by atoms with Gasteiger partial charge in [0.2, 0.25) is 0 Å². The minimum atomic E-state index is -0.245. The highest BCUT2D eigenvalue weighted by Crippen LogP contribution is 2.30. The number of thiazole rings is 1. The molecule has 4 aromatic rings. The van der Waals surface area contributed by atoms with Gasteiger partial charge in [-0.05, 0) is 42.2 Å². The van der Waals surface area contributed by atoms with E-state index in [-0.39, 0.29) is 5.91 Å². The third-order valence-corrected chi connectivity index (χ3v) is 5.42. The molecule has 1 aromatic carbocycles. The summed E-state index contributed by atoms with van der Waals surface area (Å²) >= 11 is 7.67. The highest BCUT2D eigenvalue weighted by molar-refractivity contribution is 7.12. The fourth-order valence-corrected chi connectivity index (χ4v) is 4.10. The van der Waals surface area contributed by atoms with Gasteiger partial charge < -0.3 is 5.32 Å². The van der Waals surface area contributed by atoms with Crippen LogP contribution in [0.3, 0.4) is 0 Å². The zero-order valence-corrected chi connectivity index (χ0v) is 17.1. The Morgan fingerprint density at radius 2 is 2.04 bits per heavy atom. The number of anilines is 1. The molecular formula is C21H19ClN4OS. The van der Waals surface area contributed by atoms with Gasteiger partial charge in [-0.1, -0.05) is 31.5 Å². The molecule has 0 atom stereocenters. The summed E-state index contributed by atoms with van der Waals surface area (Å²) in [4.78, 5) is 21.0. The molecule has 0 aliphatic heterocycles. The van der Waals surface area contributed by atoms with Gasteiger partial charge in [0.25, 0.3) is 5.91 Å². The van der Waals surface area contributed by atoms with Gasteiger partial charge in [0.15, 0.2) is 5.13 Å². The first-order valence-corrected chi connectivity index (χ1v) is 10.2. The molecule has 0 saturated heterocycles. The second kappa shape index (κ2) is 7.73. The number of aromatic nitrogens is 3. The molecule has 0 fully saturated rings. The molecule has 1 N–H and O–H groups in total. The number of carbonyl (C=O) groups excluding carboxylic acids is 1. The Bertz CT molecular complexity index is 1130. The average Bonchev–Trinajstić information content (AvgIpc) is 3.27. The number of benzene rings is 1. The largest absolute Gasteiger partial charge is 0.321 e. The maximum absolute atomic E-state index is 12.5. The van der Waals surface area contributed by atoms with Gasteiger partial charge in [-0.3, -0.25) is 14.3 Å². The van der Waals surface area contributed by atoms with Crippen LogP contribution in [-0.4, -0.2) is 20.4 Å². The van der Waals surface area contributed by atoms with Gasteiger partial charge in [0.05, 0.1) is 5.52 Å². The molecule has 3 heterocycles. The van der Waals surface area contributed by atoms with Gasteiger partial charge in [0, 0.05) is 40.1 Å². The van der Waals surface area contributed by atoms with Crippen molar-refractivity contribution in [1.82, 2.24) is 14.5 Å². The summed E-state index contributed by atoms with van der Waals surface area (Å²) in [5, 5.41) is 7.18. The number of rotatable bonds is 5. The van der Waals surface area contributed by atoms with Gasteiger partial charge >= 0.3 is 0 Å². The molecule has 142 valence electrons. The van der Waals surface area contributed by atoms with E-state index in [1.54, 1.807) is 29.9 Å². The maximum Gasteiger partial charge on any atom is 0.275 e. The Balaban J connectivity index is 1.69. The van der Waals surface area contributed by atoms with Crippen LogP contribution in [0.5, 0.6) is 0 Å². The zero-order chi connectivity index (χ0) is 19.7. The molecule has 3 aromatic heterocycles. The highest BCUT2D eigenvalue weighted by Gasteiger charge is 2.16. The SMILES string of the molecule is CC(C)Cc1cn(-c2nc(C(=O)Nc3ccncc3)cs2)c2cc(Cl)ccc12. The van der Waals surface area contributed by atoms with E-state index >= 15 is 0 Å². The third-order valence-electron chi connectivity index (χ3n) is 4.35. The van der Waals surface area contributed by atoms with E-state index in [9.17, 15) is 4.79 Å². The standard InChI is InChI=1S/C21H19ClN4OS/c1-13(2)9-14-11-26(19-10-15(22)3-4-17(14)19)21-25-18(12-28-21)20(27)24-16-5-7-23-8-6-16/h3-8,10-13H,9H2,1-2H3,(H,23,24,27). The lowest BCUT2D eigenvalue weighted by Crippen LogP contribution is -2.12. The molecule has 5 nitrogen and oxygen atoms in total. The third kappa shape index (κ3) is 3.79. The predicted octanol–water partition coefficient (Wildman–Crippen LogP) is 5.59. The van der Waals surface area contributed by atoms with Crippen molar-refractivity contribution in [3.63, 3.8) is 0 Å². The van der Waals surface area contributed by atoms with E-state index < -0.39 is 0 Å². The van der Waals surface area contributed by atoms with E-state index in [1.807, 2.05) is 16.7 Å². The van der Waals surface area contributed by atoms with E-state index in [4.69, 9.17) is 11.6 Å². The molecule has 0 unspecified atom stereocenters. The number of fused-ring (bicyclic) bond motifs is 1. The fourth-order valence-electron chi connectivity index (χ4n) is 3.14. The summed E-state index contributed by atoms with van der Waals surface area (Å²) in [5.41, 5.74) is 3.32. The molecule has 0 radical (unpaired) electrons. The van der Waals surface area contributed by atoms with Crippen molar-refractivity contribution in [2.75, 3.05) is 5.32 Å². The number of pyridine rings is 1. The number of hydrogen-bond donors (Lipinski definition) is 1. The van der Waals surface area contributed by atoms with E-state index in [1.165, 1.54) is 16.9 Å². The maximum atomic E-state index is 12.5. The van der Waals surface area contributed by atoms with Crippen LogP contribution in [0.2, 0.25) is 5.02 Å². The molecule has 0 bridgehead atoms. The van der Waals surface area contributed by atoms with E-state index in [2.05, 4.69) is 41.4 Å². The molecule has 0 saturated carbocycles. The molecule has 0 spiro atoms. The van der Waals surface area contributed by atoms with Crippen LogP contribution in [0.15, 0.2) is 54.3 Å². The molecule has 7 heteroatoms. The topological polar surface area (TPSA) is 59.8 Å². The van der Waals surface area contributed by atoms with Crippen molar-refractivity contribution in [3.8, 4) is 5.13 Å². The Morgan fingerprint density at radius 3 is 2.79 bits per heavy atom. The second-order valence-corrected chi connectivity index (χ2v) is 8.26. The van der Waals surface area contributed by atoms with Gasteiger partial charge in [-0.2, -0.15) is 0 Å². The van der Waals surface area contributed by atoms with Crippen molar-refractivity contribution < 1.29 is 4.79 Å². The number of nitrogens with zero attached hydrogens (tertiary/aromatic N) is 3. The smallest absolute Gasteiger partial charge is 0.275 e. The fraction of sp³-hybridized carbons (Fsp3) is 0.190. The van der Waals surface area contributed by atoms with Gasteiger partial charge in [-0.25, -0.2) is 4.98 Å². The van der Waals surface area contributed by atoms with Crippen molar-refractivity contribution in [2.24, 2.45) is 5.92 Å². The van der Waals surface area contributed by atoms with Gasteiger partial charge in [0.1, 0.15) is 5.69 Å². The first-order valence-electron chi connectivity index (χ1n) is 8.98. The average molecular weight is 411 g/mol. The molecular weight excluding hydrogens is 392 g/mol. The molecule has 1 amide bonds. The van der Waals surface area contributed by atoms with Gasteiger partial charge in [-0.15, -0.1) is 11.3 Å². The first-order chi connectivity index (χ1) is 13.5. The van der Waals surface area contributed by atoms with Crippen molar-refractivity contribution in [2.45, 2.75) is 20.3 Å². The van der Waals surface area contributed by atoms with Crippen LogP contribution in [0.4, 0.5) is 5.69 Å². The quantitative estimate of drug-likeness (QED) is 0.466. The minimum Gasteiger partial charge on any atom is -0.321 e. The number of halogens is 1. The van der Waals surface area contributed by atoms with Crippen LogP contribution < -0.4 is 5.32 Å². The summed E-state index contributed by atoms with van der Waals surface area (Å²) < 4.78 is 2.02. The lowest BCUT2D eigenvalue weighted by atomic mass is 10.0. The van der Waals surface area contributed by atoms with E-state index in [0.29, 0.717) is 22.3 Å². The Labute approximate surface area is 172 Å². The Hall–Kier alpha value is -2.70. The summed E-state index contributed by atoms with van der Waals surface area (Å²) in [6, 6.07) is 9.39. The predicted molar refractivity (Wildman–Crippen MR) is 115 cm³/mol. The summed E-state index contributed by atoms with van der Waals surface area (Å²) in [7, 11) is 0. The summed E-state index contributed by atoms with van der Waals surface area (Å²) in [6.45, 7) is 4.40. The highest BCUT2D eigenvalue weighted by atomic mass is 35.5. The van der Waals surface area contributed by atoms with Crippen molar-refractivity contribution >= 4 is 45.4 Å². The minimum absolute atomic E-state index is 0.245. The Morgan fingerprint density at radius 1 is 1.25 bits per heavy atom. The van der Waals surface area contributed by atoms with Crippen LogP contribution in [0, 0.1) is 5.92 Å². The summed E-state index contributed by atoms with van der Waals surface area (Å²) in [6.07, 6.45) is 6.33. The lowest BCUT2D eigenvalue weighted by Gasteiger charge is -2.02. The monoisotopic (exact) mass is 410 g/mol. The summed E-state index contributed by atoms with van der Waals surface area (Å²) in [5.74, 6) is 0.290. The zero-order valence-electron chi connectivity index (χ0n) is 15.5. The van der Waals surface area contributed by atoms with Crippen LogP contribution >= 0.6 is 22.9 Å². The second-order valence-electron chi connectivity index (χ2n) is 6.99. The number of amides is 1.